The summed E-state index contributed by atoms with van der Waals surface area (Å²) in [6.45, 7) is 2.30. The van der Waals surface area contributed by atoms with Crippen LogP contribution in [0.15, 0.2) is 73.1 Å². The van der Waals surface area contributed by atoms with E-state index in [9.17, 15) is 10.1 Å². The molecule has 11 heteroatoms. The summed E-state index contributed by atoms with van der Waals surface area (Å²) in [4.78, 5) is 21.8. The molecular weight excluding hydrogens is 580 g/mol. The third-order valence-corrected chi connectivity index (χ3v) is 7.71. The molecule has 4 heterocycles. The molecule has 1 unspecified atom stereocenters. The molecule has 0 radical (unpaired) electrons. The smallest absolute Gasteiger partial charge is 0.248 e. The van der Waals surface area contributed by atoms with Gasteiger partial charge in [0.15, 0.2) is 0 Å². The van der Waals surface area contributed by atoms with Gasteiger partial charge in [-0.15, -0.1) is 0 Å². The highest BCUT2D eigenvalue weighted by Crippen LogP contribution is 2.38. The van der Waals surface area contributed by atoms with Crippen molar-refractivity contribution in [1.82, 2.24) is 15.3 Å². The zero-order chi connectivity index (χ0) is 30.3. The van der Waals surface area contributed by atoms with Crippen LogP contribution in [0.4, 0.5) is 17.1 Å². The molecule has 2 aromatic carbocycles. The zero-order valence-corrected chi connectivity index (χ0v) is 24.6. The number of anilines is 3. The van der Waals surface area contributed by atoms with Crippen LogP contribution in [-0.4, -0.2) is 47.8 Å². The first kappa shape index (κ1) is 29.4. The average molecular weight is 611 g/mol. The number of halogens is 1. The predicted octanol–water partition coefficient (Wildman–Crippen LogP) is 5.89. The largest absolute Gasteiger partial charge is 0.486 e. The van der Waals surface area contributed by atoms with E-state index in [4.69, 9.17) is 25.8 Å². The van der Waals surface area contributed by atoms with Crippen molar-refractivity contribution in [3.05, 3.63) is 89.4 Å². The first-order valence-electron chi connectivity index (χ1n) is 14.5. The van der Waals surface area contributed by atoms with Gasteiger partial charge in [0.2, 0.25) is 5.91 Å². The Labute approximate surface area is 260 Å². The number of amides is 1. The van der Waals surface area contributed by atoms with Gasteiger partial charge in [0.1, 0.15) is 30.3 Å². The third-order valence-electron chi connectivity index (χ3n) is 7.41. The van der Waals surface area contributed by atoms with E-state index in [0.29, 0.717) is 63.3 Å². The summed E-state index contributed by atoms with van der Waals surface area (Å²) in [7, 11) is 0. The molecule has 10 nitrogen and oxygen atoms in total. The summed E-state index contributed by atoms with van der Waals surface area (Å²) in [6.07, 6.45) is 9.32. The first-order chi connectivity index (χ1) is 21.6. The highest BCUT2D eigenvalue weighted by molar-refractivity contribution is 6.32. The third kappa shape index (κ3) is 7.09. The molecule has 2 saturated heterocycles. The van der Waals surface area contributed by atoms with E-state index in [1.165, 1.54) is 12.3 Å². The molecule has 2 fully saturated rings. The lowest BCUT2D eigenvalue weighted by Crippen LogP contribution is -2.20. The van der Waals surface area contributed by atoms with Gasteiger partial charge in [-0.25, -0.2) is 0 Å². The van der Waals surface area contributed by atoms with Gasteiger partial charge < -0.3 is 30.2 Å². The quantitative estimate of drug-likeness (QED) is 0.188. The Bertz CT molecular complexity index is 1710. The number of rotatable bonds is 10. The lowest BCUT2D eigenvalue weighted by Gasteiger charge is -2.19. The van der Waals surface area contributed by atoms with Crippen molar-refractivity contribution in [3.63, 3.8) is 0 Å². The van der Waals surface area contributed by atoms with Gasteiger partial charge in [-0.3, -0.25) is 14.8 Å². The van der Waals surface area contributed by atoms with Crippen LogP contribution < -0.4 is 25.4 Å². The van der Waals surface area contributed by atoms with Gasteiger partial charge in [0, 0.05) is 48.1 Å². The molecule has 224 valence electrons. The van der Waals surface area contributed by atoms with Gasteiger partial charge >= 0.3 is 0 Å². The second-order valence-electron chi connectivity index (χ2n) is 10.6. The second-order valence-corrected chi connectivity index (χ2v) is 11.0. The molecule has 2 aliphatic rings. The van der Waals surface area contributed by atoms with Crippen molar-refractivity contribution in [1.29, 1.82) is 5.26 Å². The molecule has 2 aromatic heterocycles. The molecule has 0 bridgehead atoms. The highest BCUT2D eigenvalue weighted by Gasteiger charge is 2.22. The molecule has 2 atom stereocenters. The Balaban J connectivity index is 1.30. The summed E-state index contributed by atoms with van der Waals surface area (Å²) in [6, 6.07) is 16.9. The van der Waals surface area contributed by atoms with Crippen LogP contribution in [0.25, 0.3) is 10.9 Å². The molecule has 0 spiro atoms. The van der Waals surface area contributed by atoms with Crippen molar-refractivity contribution >= 4 is 45.5 Å². The lowest BCUT2D eigenvalue weighted by atomic mass is 10.1. The number of pyridine rings is 2. The molecule has 3 N–H and O–H groups in total. The van der Waals surface area contributed by atoms with Crippen molar-refractivity contribution in [2.45, 2.75) is 38.0 Å². The zero-order valence-electron chi connectivity index (χ0n) is 23.9. The van der Waals surface area contributed by atoms with E-state index in [2.05, 4.69) is 32.0 Å². The van der Waals surface area contributed by atoms with E-state index in [0.717, 1.165) is 31.5 Å². The summed E-state index contributed by atoms with van der Waals surface area (Å²) in [5.41, 5.74) is 3.33. The minimum atomic E-state index is -0.280. The number of carbonyl (C=O) groups is 1. The number of benzene rings is 2. The Morgan fingerprint density at radius 3 is 2.86 bits per heavy atom. The maximum absolute atomic E-state index is 13.0. The van der Waals surface area contributed by atoms with Crippen molar-refractivity contribution in [2.24, 2.45) is 0 Å². The van der Waals surface area contributed by atoms with Gasteiger partial charge in [-0.1, -0.05) is 23.7 Å². The minimum absolute atomic E-state index is 0.141. The fraction of sp³-hybridized carbons (Fsp3) is 0.273. The van der Waals surface area contributed by atoms with Gasteiger partial charge in [0.25, 0.3) is 0 Å². The number of carbonyl (C=O) groups excluding carboxylic acids is 1. The average Bonchev–Trinajstić information content (AvgIpc) is 3.76. The van der Waals surface area contributed by atoms with E-state index in [-0.39, 0.29) is 24.7 Å². The lowest BCUT2D eigenvalue weighted by molar-refractivity contribution is -0.111. The number of nitriles is 1. The number of aromatic nitrogens is 2. The van der Waals surface area contributed by atoms with Crippen LogP contribution in [0, 0.1) is 11.3 Å². The van der Waals surface area contributed by atoms with Crippen LogP contribution in [0.1, 0.15) is 30.5 Å². The van der Waals surface area contributed by atoms with Gasteiger partial charge in [-0.05, 0) is 55.8 Å². The number of nitrogens with one attached hydrogen (secondary N) is 3. The van der Waals surface area contributed by atoms with Crippen LogP contribution in [0.3, 0.4) is 0 Å². The van der Waals surface area contributed by atoms with Gasteiger partial charge in [0.05, 0.1) is 46.4 Å². The summed E-state index contributed by atoms with van der Waals surface area (Å²) >= 11 is 6.57. The monoisotopic (exact) mass is 610 g/mol. The normalized spacial score (nSPS) is 17.9. The van der Waals surface area contributed by atoms with E-state index in [1.54, 1.807) is 30.5 Å². The number of hydrogen-bond donors (Lipinski definition) is 3. The number of ether oxygens (including phenoxy) is 3. The molecule has 0 saturated carbocycles. The summed E-state index contributed by atoms with van der Waals surface area (Å²) in [5, 5.41) is 20.6. The summed E-state index contributed by atoms with van der Waals surface area (Å²) < 4.78 is 17.6. The molecule has 0 aliphatic carbocycles. The highest BCUT2D eigenvalue weighted by atomic mass is 35.5. The van der Waals surface area contributed by atoms with Crippen LogP contribution in [0.5, 0.6) is 11.5 Å². The maximum atomic E-state index is 13.0. The topological polar surface area (TPSA) is 130 Å². The SMILES string of the molecule is N#Cc1cnc2cc(O[C@H]3CCOC3)c(NC(=O)/C=C/C3CCCN3)cc2c1Nc1ccc(OCc2ccccn2)c(Cl)c1. The summed E-state index contributed by atoms with van der Waals surface area (Å²) in [5.74, 6) is 0.707. The van der Waals surface area contributed by atoms with E-state index in [1.807, 2.05) is 30.3 Å². The number of nitrogens with zero attached hydrogens (tertiary/aromatic N) is 3. The molecular formula is C33H31ClN6O4. The fourth-order valence-corrected chi connectivity index (χ4v) is 5.38. The Morgan fingerprint density at radius 1 is 1.18 bits per heavy atom. The van der Waals surface area contributed by atoms with E-state index >= 15 is 0 Å². The fourth-order valence-electron chi connectivity index (χ4n) is 5.15. The molecule has 44 heavy (non-hydrogen) atoms. The second kappa shape index (κ2) is 13.7. The number of fused-ring (bicyclic) bond motifs is 1. The van der Waals surface area contributed by atoms with Crippen molar-refractivity contribution in [2.75, 3.05) is 30.4 Å². The Morgan fingerprint density at radius 2 is 2.11 bits per heavy atom. The van der Waals surface area contributed by atoms with Crippen molar-refractivity contribution in [3.8, 4) is 17.6 Å². The predicted molar refractivity (Wildman–Crippen MR) is 168 cm³/mol. The Hall–Kier alpha value is -4.69. The molecule has 6 rings (SSSR count). The molecule has 2 aliphatic heterocycles. The van der Waals surface area contributed by atoms with E-state index < -0.39 is 0 Å². The van der Waals surface area contributed by atoms with Gasteiger partial charge in [-0.2, -0.15) is 5.26 Å². The molecule has 4 aromatic rings. The Kier molecular flexibility index (Phi) is 9.17. The van der Waals surface area contributed by atoms with Crippen LogP contribution in [0.2, 0.25) is 5.02 Å². The minimum Gasteiger partial charge on any atom is -0.486 e. The number of hydrogen-bond acceptors (Lipinski definition) is 9. The molecule has 1 amide bonds. The van der Waals surface area contributed by atoms with Crippen LogP contribution >= 0.6 is 11.6 Å². The first-order valence-corrected chi connectivity index (χ1v) is 14.9. The maximum Gasteiger partial charge on any atom is 0.248 e. The van der Waals surface area contributed by atoms with Crippen LogP contribution in [-0.2, 0) is 16.1 Å². The van der Waals surface area contributed by atoms with Crippen molar-refractivity contribution < 1.29 is 19.0 Å². The standard InChI is InChI=1S/C33H31ClN6O4/c34-27-14-23(6-8-30(27)43-19-24-4-1-2-11-37-24)39-33-21(17-35)18-38-28-16-31(44-25-10-13-42-20-25)29(15-26(28)33)40-32(41)9-7-22-5-3-12-36-22/h1-2,4,6-9,11,14-16,18,22,25,36H,3,5,10,12-13,19-20H2,(H,38,39)(H,40,41)/b9-7+/t22?,25-/m0/s1.